The lowest BCUT2D eigenvalue weighted by Crippen LogP contribution is -2.19. The number of benzene rings is 1. The summed E-state index contributed by atoms with van der Waals surface area (Å²) in [4.78, 5) is 1.12. The molecule has 0 saturated carbocycles. The summed E-state index contributed by atoms with van der Waals surface area (Å²) in [6.07, 6.45) is 0. The van der Waals surface area contributed by atoms with Gasteiger partial charge in [-0.15, -0.1) is 11.3 Å². The maximum absolute atomic E-state index is 13.2. The third-order valence-electron chi connectivity index (χ3n) is 2.33. The summed E-state index contributed by atoms with van der Waals surface area (Å²) >= 11 is 7.41. The summed E-state index contributed by atoms with van der Waals surface area (Å²) in [6.45, 7) is 0.439. The number of thiophene rings is 1. The Morgan fingerprint density at radius 2 is 2.24 bits per heavy atom. The number of hydrogen-bond acceptors (Lipinski definition) is 3. The molecule has 0 aliphatic carbocycles. The Kier molecular flexibility index (Phi) is 3.99. The van der Waals surface area contributed by atoms with E-state index in [1.54, 1.807) is 17.4 Å². The van der Waals surface area contributed by atoms with E-state index < -0.39 is 0 Å². The largest absolute Gasteiger partial charge is 0.376 e. The molecular formula is C12H12ClFN2S. The minimum Gasteiger partial charge on any atom is -0.376 e. The maximum Gasteiger partial charge on any atom is 0.126 e. The fourth-order valence-electron chi connectivity index (χ4n) is 1.57. The summed E-state index contributed by atoms with van der Waals surface area (Å²) in [5.41, 5.74) is 6.34. The molecule has 0 bridgehead atoms. The highest BCUT2D eigenvalue weighted by Crippen LogP contribution is 2.25. The molecule has 1 unspecified atom stereocenters. The highest BCUT2D eigenvalue weighted by atomic mass is 35.5. The molecular weight excluding hydrogens is 259 g/mol. The molecule has 2 rings (SSSR count). The van der Waals surface area contributed by atoms with Gasteiger partial charge in [0, 0.05) is 22.1 Å². The van der Waals surface area contributed by atoms with Crippen LogP contribution in [0.25, 0.3) is 0 Å². The van der Waals surface area contributed by atoms with Gasteiger partial charge in [-0.05, 0) is 29.6 Å². The van der Waals surface area contributed by atoms with E-state index in [1.165, 1.54) is 12.1 Å². The first-order valence-corrected chi connectivity index (χ1v) is 6.41. The maximum atomic E-state index is 13.2. The zero-order valence-corrected chi connectivity index (χ0v) is 10.6. The molecule has 1 aromatic carbocycles. The van der Waals surface area contributed by atoms with E-state index >= 15 is 0 Å². The van der Waals surface area contributed by atoms with Gasteiger partial charge >= 0.3 is 0 Å². The predicted molar refractivity (Wildman–Crippen MR) is 71.1 cm³/mol. The molecule has 0 radical (unpaired) electrons. The Morgan fingerprint density at radius 1 is 1.41 bits per heavy atom. The molecule has 1 aromatic heterocycles. The molecule has 0 aliphatic rings. The summed E-state index contributed by atoms with van der Waals surface area (Å²) in [5.74, 6) is -0.359. The van der Waals surface area contributed by atoms with Gasteiger partial charge in [0.15, 0.2) is 0 Å². The highest BCUT2D eigenvalue weighted by Gasteiger charge is 2.11. The lowest BCUT2D eigenvalue weighted by Gasteiger charge is -2.17. The van der Waals surface area contributed by atoms with Crippen LogP contribution in [0.1, 0.15) is 10.9 Å². The van der Waals surface area contributed by atoms with Gasteiger partial charge in [-0.3, -0.25) is 0 Å². The van der Waals surface area contributed by atoms with Crippen molar-refractivity contribution in [2.75, 3.05) is 11.9 Å². The second-order valence-electron chi connectivity index (χ2n) is 3.61. The Bertz CT molecular complexity index is 467. The molecule has 5 heteroatoms. The lowest BCUT2D eigenvalue weighted by atomic mass is 10.2. The summed E-state index contributed by atoms with van der Waals surface area (Å²) in [6, 6.07) is 8.30. The van der Waals surface area contributed by atoms with Crippen molar-refractivity contribution in [1.82, 2.24) is 0 Å². The number of rotatable bonds is 4. The summed E-state index contributed by atoms with van der Waals surface area (Å²) in [7, 11) is 0. The minimum atomic E-state index is -0.359. The standard InChI is InChI=1S/C12H12ClFN2S/c13-8-4-9(14)6-10(5-8)16-11(7-15)12-2-1-3-17-12/h1-6,11,16H,7,15H2. The summed E-state index contributed by atoms with van der Waals surface area (Å²) < 4.78 is 13.2. The Hall–Kier alpha value is -1.10. The Balaban J connectivity index is 2.18. The molecule has 0 spiro atoms. The van der Waals surface area contributed by atoms with E-state index in [4.69, 9.17) is 17.3 Å². The predicted octanol–water partition coefficient (Wildman–Crippen LogP) is 3.65. The lowest BCUT2D eigenvalue weighted by molar-refractivity contribution is 0.628. The Morgan fingerprint density at radius 3 is 2.82 bits per heavy atom. The molecule has 0 fully saturated rings. The third kappa shape index (κ3) is 3.19. The molecule has 1 atom stereocenters. The van der Waals surface area contributed by atoms with Gasteiger partial charge in [0.25, 0.3) is 0 Å². The van der Waals surface area contributed by atoms with Crippen LogP contribution in [-0.2, 0) is 0 Å². The van der Waals surface area contributed by atoms with Crippen molar-refractivity contribution < 1.29 is 4.39 Å². The van der Waals surface area contributed by atoms with Gasteiger partial charge in [-0.25, -0.2) is 4.39 Å². The monoisotopic (exact) mass is 270 g/mol. The van der Waals surface area contributed by atoms with E-state index in [9.17, 15) is 4.39 Å². The van der Waals surface area contributed by atoms with E-state index in [2.05, 4.69) is 5.32 Å². The van der Waals surface area contributed by atoms with Gasteiger partial charge in [-0.2, -0.15) is 0 Å². The summed E-state index contributed by atoms with van der Waals surface area (Å²) in [5, 5.41) is 5.53. The average molecular weight is 271 g/mol. The van der Waals surface area contributed by atoms with Gasteiger partial charge < -0.3 is 11.1 Å². The van der Waals surface area contributed by atoms with Crippen LogP contribution in [0.5, 0.6) is 0 Å². The van der Waals surface area contributed by atoms with Crippen LogP contribution in [0.4, 0.5) is 10.1 Å². The van der Waals surface area contributed by atoms with Crippen molar-refractivity contribution in [2.45, 2.75) is 6.04 Å². The van der Waals surface area contributed by atoms with E-state index in [0.717, 1.165) is 4.88 Å². The average Bonchev–Trinajstić information content (AvgIpc) is 2.77. The number of nitrogens with one attached hydrogen (secondary N) is 1. The van der Waals surface area contributed by atoms with Crippen LogP contribution < -0.4 is 11.1 Å². The first-order chi connectivity index (χ1) is 8.19. The SMILES string of the molecule is NCC(Nc1cc(F)cc(Cl)c1)c1cccs1. The van der Waals surface area contributed by atoms with Crippen molar-refractivity contribution in [1.29, 1.82) is 0 Å². The highest BCUT2D eigenvalue weighted by molar-refractivity contribution is 7.10. The van der Waals surface area contributed by atoms with E-state index in [1.807, 2.05) is 17.5 Å². The second kappa shape index (κ2) is 5.49. The first-order valence-electron chi connectivity index (χ1n) is 5.15. The molecule has 0 saturated heterocycles. The Labute approximate surface area is 108 Å². The normalized spacial score (nSPS) is 12.4. The minimum absolute atomic E-state index is 0.0205. The quantitative estimate of drug-likeness (QED) is 0.890. The smallest absolute Gasteiger partial charge is 0.126 e. The molecule has 0 aliphatic heterocycles. The van der Waals surface area contributed by atoms with Gasteiger partial charge in [0.2, 0.25) is 0 Å². The molecule has 2 nitrogen and oxygen atoms in total. The van der Waals surface area contributed by atoms with Crippen LogP contribution in [0.2, 0.25) is 5.02 Å². The van der Waals surface area contributed by atoms with Crippen molar-refractivity contribution >= 4 is 28.6 Å². The van der Waals surface area contributed by atoms with E-state index in [0.29, 0.717) is 17.3 Å². The van der Waals surface area contributed by atoms with Crippen molar-refractivity contribution in [3.05, 3.63) is 51.4 Å². The molecule has 17 heavy (non-hydrogen) atoms. The van der Waals surface area contributed by atoms with Gasteiger partial charge in [-0.1, -0.05) is 17.7 Å². The molecule has 0 amide bonds. The van der Waals surface area contributed by atoms with Crippen molar-refractivity contribution in [2.24, 2.45) is 5.73 Å². The van der Waals surface area contributed by atoms with Crippen LogP contribution in [-0.4, -0.2) is 6.54 Å². The van der Waals surface area contributed by atoms with Crippen LogP contribution in [0, 0.1) is 5.82 Å². The van der Waals surface area contributed by atoms with Crippen LogP contribution in [0.15, 0.2) is 35.7 Å². The molecule has 90 valence electrons. The molecule has 2 aromatic rings. The second-order valence-corrected chi connectivity index (χ2v) is 5.02. The fraction of sp³-hybridized carbons (Fsp3) is 0.167. The third-order valence-corrected chi connectivity index (χ3v) is 3.53. The number of halogens is 2. The van der Waals surface area contributed by atoms with Gasteiger partial charge in [0.05, 0.1) is 6.04 Å². The number of nitrogens with two attached hydrogens (primary N) is 1. The van der Waals surface area contributed by atoms with Crippen molar-refractivity contribution in [3.63, 3.8) is 0 Å². The number of anilines is 1. The van der Waals surface area contributed by atoms with Crippen LogP contribution >= 0.6 is 22.9 Å². The van der Waals surface area contributed by atoms with Gasteiger partial charge in [0.1, 0.15) is 5.82 Å². The van der Waals surface area contributed by atoms with Crippen molar-refractivity contribution in [3.8, 4) is 0 Å². The van der Waals surface area contributed by atoms with E-state index in [-0.39, 0.29) is 11.9 Å². The zero-order chi connectivity index (χ0) is 12.3. The topological polar surface area (TPSA) is 38.0 Å². The molecule has 1 heterocycles. The zero-order valence-electron chi connectivity index (χ0n) is 8.99. The fourth-order valence-corrected chi connectivity index (χ4v) is 2.59. The molecule has 3 N–H and O–H groups in total. The first kappa shape index (κ1) is 12.4. The number of hydrogen-bond donors (Lipinski definition) is 2. The van der Waals surface area contributed by atoms with Crippen LogP contribution in [0.3, 0.4) is 0 Å².